The minimum Gasteiger partial charge on any atom is -0.280 e. The lowest BCUT2D eigenvalue weighted by Crippen LogP contribution is -2.35. The van der Waals surface area contributed by atoms with Crippen molar-refractivity contribution < 1.29 is 31.5 Å². The van der Waals surface area contributed by atoms with Crippen LogP contribution in [-0.2, 0) is 9.59 Å². The van der Waals surface area contributed by atoms with Crippen LogP contribution in [0.25, 0.3) is 0 Å². The van der Waals surface area contributed by atoms with E-state index in [2.05, 4.69) is 0 Å². The molecule has 0 N–H and O–H groups in total. The third-order valence-electron chi connectivity index (χ3n) is 3.43. The van der Waals surface area contributed by atoms with Gasteiger partial charge in [-0.2, -0.15) is 0 Å². The van der Waals surface area contributed by atoms with Gasteiger partial charge in [0.1, 0.15) is 0 Å². The first kappa shape index (κ1) is 20.1. The first-order chi connectivity index (χ1) is 11.0. The molecule has 1 saturated heterocycles. The third kappa shape index (κ3) is 3.91. The SMILES string of the molecule is CC(C)N1C(=O)CCC1=O.CC(C)c1c(F)c(F)c(F)c(F)c1F. The van der Waals surface area contributed by atoms with Crippen LogP contribution in [0.15, 0.2) is 0 Å². The molecule has 0 unspecified atom stereocenters. The lowest BCUT2D eigenvalue weighted by Gasteiger charge is -2.17. The standard InChI is InChI=1S/C9H7F5.C7H11NO2/c1-3(2)4-5(10)7(12)9(14)8(13)6(4)11;1-5(2)8-6(9)3-4-7(8)10/h3H,1-2H3;5H,3-4H2,1-2H3. The van der Waals surface area contributed by atoms with Crippen molar-refractivity contribution in [1.29, 1.82) is 0 Å². The largest absolute Gasteiger partial charge is 0.280 e. The predicted molar refractivity (Wildman–Crippen MR) is 76.5 cm³/mol. The maximum Gasteiger partial charge on any atom is 0.229 e. The van der Waals surface area contributed by atoms with Crippen LogP contribution in [0.1, 0.15) is 52.0 Å². The molecule has 0 radical (unpaired) electrons. The van der Waals surface area contributed by atoms with Gasteiger partial charge in [-0.25, -0.2) is 22.0 Å². The quantitative estimate of drug-likeness (QED) is 0.349. The van der Waals surface area contributed by atoms with Gasteiger partial charge in [0.2, 0.25) is 17.6 Å². The first-order valence-electron chi connectivity index (χ1n) is 7.36. The molecule has 0 aromatic heterocycles. The van der Waals surface area contributed by atoms with Gasteiger partial charge < -0.3 is 0 Å². The normalized spacial score (nSPS) is 14.5. The topological polar surface area (TPSA) is 37.4 Å². The van der Waals surface area contributed by atoms with Crippen molar-refractivity contribution in [3.8, 4) is 0 Å². The smallest absolute Gasteiger partial charge is 0.229 e. The molecule has 0 bridgehead atoms. The van der Waals surface area contributed by atoms with E-state index in [-0.39, 0.29) is 17.9 Å². The average molecular weight is 351 g/mol. The third-order valence-corrected chi connectivity index (χ3v) is 3.43. The average Bonchev–Trinajstić information content (AvgIpc) is 2.82. The molecule has 8 heteroatoms. The number of rotatable bonds is 2. The summed E-state index contributed by atoms with van der Waals surface area (Å²) >= 11 is 0. The molecule has 3 nitrogen and oxygen atoms in total. The molecule has 2 amide bonds. The molecule has 134 valence electrons. The summed E-state index contributed by atoms with van der Waals surface area (Å²) in [7, 11) is 0. The molecular weight excluding hydrogens is 333 g/mol. The van der Waals surface area contributed by atoms with Gasteiger partial charge in [0, 0.05) is 24.4 Å². The molecular formula is C16H18F5NO2. The lowest BCUT2D eigenvalue weighted by atomic mass is 10.0. The van der Waals surface area contributed by atoms with E-state index in [1.165, 1.54) is 18.7 Å². The summed E-state index contributed by atoms with van der Waals surface area (Å²) in [6.45, 7) is 6.39. The highest BCUT2D eigenvalue weighted by atomic mass is 19.2. The number of halogens is 5. The summed E-state index contributed by atoms with van der Waals surface area (Å²) in [5.41, 5.74) is -0.776. The monoisotopic (exact) mass is 351 g/mol. The Balaban J connectivity index is 0.000000254. The Bertz CT molecular complexity index is 613. The van der Waals surface area contributed by atoms with E-state index in [4.69, 9.17) is 0 Å². The Morgan fingerprint density at radius 1 is 0.708 bits per heavy atom. The summed E-state index contributed by atoms with van der Waals surface area (Å²) in [5, 5.41) is 0. The van der Waals surface area contributed by atoms with Gasteiger partial charge in [0.05, 0.1) is 0 Å². The van der Waals surface area contributed by atoms with Gasteiger partial charge in [0.25, 0.3) is 0 Å². The Hall–Kier alpha value is -1.99. The minimum absolute atomic E-state index is 0.0278. The van der Waals surface area contributed by atoms with Crippen molar-refractivity contribution in [3.05, 3.63) is 34.6 Å². The summed E-state index contributed by atoms with van der Waals surface area (Å²) in [5.74, 6) is -10.2. The summed E-state index contributed by atoms with van der Waals surface area (Å²) in [6, 6.07) is 0.0301. The highest BCUT2D eigenvalue weighted by Gasteiger charge is 2.30. The van der Waals surface area contributed by atoms with Crippen molar-refractivity contribution in [1.82, 2.24) is 4.90 Å². The molecule has 1 aliphatic heterocycles. The fourth-order valence-electron chi connectivity index (χ4n) is 2.30. The minimum atomic E-state index is -2.12. The van der Waals surface area contributed by atoms with Crippen LogP contribution < -0.4 is 0 Å². The Morgan fingerprint density at radius 3 is 1.29 bits per heavy atom. The molecule has 0 atom stereocenters. The maximum atomic E-state index is 12.9. The number of hydrogen-bond donors (Lipinski definition) is 0. The highest BCUT2D eigenvalue weighted by molar-refractivity contribution is 6.02. The maximum absolute atomic E-state index is 12.9. The molecule has 0 aliphatic carbocycles. The van der Waals surface area contributed by atoms with Crippen LogP contribution in [-0.4, -0.2) is 22.8 Å². The van der Waals surface area contributed by atoms with E-state index < -0.39 is 40.6 Å². The number of imide groups is 1. The molecule has 0 spiro atoms. The van der Waals surface area contributed by atoms with Crippen molar-refractivity contribution in [2.75, 3.05) is 0 Å². The number of carbonyl (C=O) groups is 2. The zero-order valence-corrected chi connectivity index (χ0v) is 13.7. The van der Waals surface area contributed by atoms with Gasteiger partial charge in [-0.05, 0) is 19.8 Å². The fraction of sp³-hybridized carbons (Fsp3) is 0.500. The second kappa shape index (κ2) is 7.72. The number of benzene rings is 1. The zero-order valence-electron chi connectivity index (χ0n) is 13.7. The number of amides is 2. The van der Waals surface area contributed by atoms with Crippen LogP contribution in [0, 0.1) is 29.1 Å². The van der Waals surface area contributed by atoms with Gasteiger partial charge in [-0.1, -0.05) is 13.8 Å². The van der Waals surface area contributed by atoms with Crippen LogP contribution >= 0.6 is 0 Å². The summed E-state index contributed by atoms with van der Waals surface area (Å²) in [6.07, 6.45) is 0.800. The van der Waals surface area contributed by atoms with Crippen LogP contribution in [0.5, 0.6) is 0 Å². The lowest BCUT2D eigenvalue weighted by molar-refractivity contribution is -0.140. The molecule has 24 heavy (non-hydrogen) atoms. The van der Waals surface area contributed by atoms with Crippen LogP contribution in [0.2, 0.25) is 0 Å². The van der Waals surface area contributed by atoms with Crippen LogP contribution in [0.3, 0.4) is 0 Å². The molecule has 1 aromatic carbocycles. The molecule has 1 aromatic rings. The van der Waals surface area contributed by atoms with Crippen molar-refractivity contribution in [2.24, 2.45) is 0 Å². The van der Waals surface area contributed by atoms with E-state index >= 15 is 0 Å². The Labute approximate surface area is 136 Å². The van der Waals surface area contributed by atoms with E-state index in [0.29, 0.717) is 12.8 Å². The predicted octanol–water partition coefficient (Wildman–Crippen LogP) is 4.05. The van der Waals surface area contributed by atoms with Gasteiger partial charge in [-0.15, -0.1) is 0 Å². The van der Waals surface area contributed by atoms with Gasteiger partial charge in [-0.3, -0.25) is 14.5 Å². The zero-order chi connectivity index (χ0) is 18.8. The van der Waals surface area contributed by atoms with Crippen molar-refractivity contribution in [3.63, 3.8) is 0 Å². The van der Waals surface area contributed by atoms with E-state index in [0.717, 1.165) is 0 Å². The summed E-state index contributed by atoms with van der Waals surface area (Å²) < 4.78 is 63.6. The molecule has 1 fully saturated rings. The van der Waals surface area contributed by atoms with Crippen molar-refractivity contribution >= 4 is 11.8 Å². The van der Waals surface area contributed by atoms with Crippen LogP contribution in [0.4, 0.5) is 22.0 Å². The molecule has 2 rings (SSSR count). The van der Waals surface area contributed by atoms with Crippen molar-refractivity contribution in [2.45, 2.75) is 52.5 Å². The number of carbonyl (C=O) groups excluding carboxylic acids is 2. The van der Waals surface area contributed by atoms with E-state index in [9.17, 15) is 31.5 Å². The number of hydrogen-bond acceptors (Lipinski definition) is 2. The van der Waals surface area contributed by atoms with E-state index in [1.54, 1.807) is 0 Å². The van der Waals surface area contributed by atoms with E-state index in [1.807, 2.05) is 13.8 Å². The summed E-state index contributed by atoms with van der Waals surface area (Å²) in [4.78, 5) is 23.2. The molecule has 0 saturated carbocycles. The first-order valence-corrected chi connectivity index (χ1v) is 7.36. The fourth-order valence-corrected chi connectivity index (χ4v) is 2.30. The number of nitrogens with zero attached hydrogens (tertiary/aromatic N) is 1. The highest BCUT2D eigenvalue weighted by Crippen LogP contribution is 2.28. The molecule has 1 aliphatic rings. The Morgan fingerprint density at radius 2 is 1.04 bits per heavy atom. The van der Waals surface area contributed by atoms with Gasteiger partial charge in [0.15, 0.2) is 23.3 Å². The second-order valence-electron chi connectivity index (χ2n) is 5.89. The molecule has 1 heterocycles. The number of likely N-dealkylation sites (tertiary alicyclic amines) is 1. The van der Waals surface area contributed by atoms with Gasteiger partial charge >= 0.3 is 0 Å². The second-order valence-corrected chi connectivity index (χ2v) is 5.89. The Kier molecular flexibility index (Phi) is 6.45.